The molecule has 1 saturated heterocycles. The molecule has 1 N–H and O–H groups in total. The fraction of sp³-hybridized carbons (Fsp3) is 0.316. The van der Waals surface area contributed by atoms with Crippen molar-refractivity contribution in [3.05, 3.63) is 62.6 Å². The smallest absolute Gasteiger partial charge is 0.271 e. The van der Waals surface area contributed by atoms with Crippen LogP contribution in [0.1, 0.15) is 18.4 Å². The SMILES string of the molecule is Cc1ccc([N+](=O)[O-])cc1NC(=O)[C@@H]1CCCN(S(=O)(=O)c2ccc(Br)cc2)C1. The van der Waals surface area contributed by atoms with Gasteiger partial charge in [-0.3, -0.25) is 14.9 Å². The number of nitrogens with zero attached hydrogens (tertiary/aromatic N) is 2. The average Bonchev–Trinajstić information content (AvgIpc) is 2.70. The van der Waals surface area contributed by atoms with Crippen LogP contribution in [0, 0.1) is 23.0 Å². The molecule has 1 fully saturated rings. The number of amides is 1. The number of piperidine rings is 1. The Morgan fingerprint density at radius 2 is 1.93 bits per heavy atom. The molecule has 8 nitrogen and oxygen atoms in total. The molecule has 0 spiro atoms. The third-order valence-corrected chi connectivity index (χ3v) is 7.30. The lowest BCUT2D eigenvalue weighted by Crippen LogP contribution is -2.43. The van der Waals surface area contributed by atoms with Crippen LogP contribution in [0.15, 0.2) is 51.8 Å². The maximum absolute atomic E-state index is 12.9. The highest BCUT2D eigenvalue weighted by Crippen LogP contribution is 2.27. The first-order chi connectivity index (χ1) is 13.7. The van der Waals surface area contributed by atoms with Gasteiger partial charge >= 0.3 is 0 Å². The van der Waals surface area contributed by atoms with E-state index in [0.29, 0.717) is 30.6 Å². The van der Waals surface area contributed by atoms with Crippen LogP contribution < -0.4 is 5.32 Å². The monoisotopic (exact) mass is 481 g/mol. The summed E-state index contributed by atoms with van der Waals surface area (Å²) in [5.74, 6) is -0.878. The maximum Gasteiger partial charge on any atom is 0.271 e. The number of anilines is 1. The van der Waals surface area contributed by atoms with Crippen molar-refractivity contribution in [1.29, 1.82) is 0 Å². The lowest BCUT2D eigenvalue weighted by atomic mass is 9.98. The van der Waals surface area contributed by atoms with Gasteiger partial charge in [-0.05, 0) is 49.6 Å². The Hall–Kier alpha value is -2.30. The Morgan fingerprint density at radius 3 is 2.59 bits per heavy atom. The van der Waals surface area contributed by atoms with Gasteiger partial charge in [0.25, 0.3) is 5.69 Å². The molecule has 0 aliphatic carbocycles. The molecule has 154 valence electrons. The molecule has 0 bridgehead atoms. The lowest BCUT2D eigenvalue weighted by Gasteiger charge is -2.31. The molecule has 1 aliphatic heterocycles. The van der Waals surface area contributed by atoms with Gasteiger partial charge in [-0.15, -0.1) is 0 Å². The second-order valence-corrected chi connectivity index (χ2v) is 9.76. The molecule has 1 atom stereocenters. The molecule has 2 aromatic rings. The number of hydrogen-bond acceptors (Lipinski definition) is 5. The summed E-state index contributed by atoms with van der Waals surface area (Å²) in [6, 6.07) is 10.6. The molecule has 0 unspecified atom stereocenters. The van der Waals surface area contributed by atoms with E-state index in [1.54, 1.807) is 25.1 Å². The van der Waals surface area contributed by atoms with Crippen LogP contribution in [-0.2, 0) is 14.8 Å². The van der Waals surface area contributed by atoms with Crippen LogP contribution in [0.4, 0.5) is 11.4 Å². The number of nitrogens with one attached hydrogen (secondary N) is 1. The number of carbonyl (C=O) groups excluding carboxylic acids is 1. The van der Waals surface area contributed by atoms with E-state index in [0.717, 1.165) is 4.47 Å². The third-order valence-electron chi connectivity index (χ3n) is 4.90. The fourth-order valence-electron chi connectivity index (χ4n) is 3.22. The van der Waals surface area contributed by atoms with Gasteiger partial charge < -0.3 is 5.32 Å². The zero-order chi connectivity index (χ0) is 21.2. The number of halogens is 1. The van der Waals surface area contributed by atoms with Gasteiger partial charge in [0.15, 0.2) is 0 Å². The molecule has 0 saturated carbocycles. The second kappa shape index (κ2) is 8.60. The molecular formula is C19H20BrN3O5S. The summed E-state index contributed by atoms with van der Waals surface area (Å²) < 4.78 is 27.9. The van der Waals surface area contributed by atoms with E-state index in [4.69, 9.17) is 0 Å². The number of rotatable bonds is 5. The highest BCUT2D eigenvalue weighted by atomic mass is 79.9. The van der Waals surface area contributed by atoms with E-state index in [-0.39, 0.29) is 23.0 Å². The van der Waals surface area contributed by atoms with Gasteiger partial charge in [-0.2, -0.15) is 4.31 Å². The molecule has 10 heteroatoms. The average molecular weight is 482 g/mol. The van der Waals surface area contributed by atoms with Crippen LogP contribution in [0.3, 0.4) is 0 Å². The van der Waals surface area contributed by atoms with Gasteiger partial charge in [0.2, 0.25) is 15.9 Å². The van der Waals surface area contributed by atoms with Crippen molar-refractivity contribution < 1.29 is 18.1 Å². The van der Waals surface area contributed by atoms with Crippen LogP contribution in [0.25, 0.3) is 0 Å². The summed E-state index contributed by atoms with van der Waals surface area (Å²) in [6.45, 7) is 2.15. The van der Waals surface area contributed by atoms with Gasteiger partial charge in [0, 0.05) is 29.7 Å². The first-order valence-electron chi connectivity index (χ1n) is 9.00. The quantitative estimate of drug-likeness (QED) is 0.516. The molecule has 2 aromatic carbocycles. The third kappa shape index (κ3) is 4.82. The molecule has 3 rings (SSSR count). The first kappa shape index (κ1) is 21.4. The Labute approximate surface area is 177 Å². The van der Waals surface area contributed by atoms with Crippen molar-refractivity contribution in [3.63, 3.8) is 0 Å². The van der Waals surface area contributed by atoms with Crippen molar-refractivity contribution in [2.24, 2.45) is 5.92 Å². The standard InChI is InChI=1S/C19H20BrN3O5S/c1-13-4-7-16(23(25)26)11-18(13)21-19(24)14-3-2-10-22(12-14)29(27,28)17-8-5-15(20)6-9-17/h4-9,11,14H,2-3,10,12H2,1H3,(H,21,24)/t14-/m1/s1. The van der Waals surface area contributed by atoms with Crippen LogP contribution >= 0.6 is 15.9 Å². The number of hydrogen-bond donors (Lipinski definition) is 1. The van der Waals surface area contributed by atoms with Crippen molar-refractivity contribution in [3.8, 4) is 0 Å². The van der Waals surface area contributed by atoms with Gasteiger partial charge in [-0.25, -0.2) is 8.42 Å². The minimum absolute atomic E-state index is 0.0677. The number of aryl methyl sites for hydroxylation is 1. The van der Waals surface area contributed by atoms with E-state index in [2.05, 4.69) is 21.2 Å². The summed E-state index contributed by atoms with van der Waals surface area (Å²) >= 11 is 3.28. The van der Waals surface area contributed by atoms with Gasteiger partial charge in [-0.1, -0.05) is 22.0 Å². The molecule has 0 aromatic heterocycles. The number of nitro benzene ring substituents is 1. The second-order valence-electron chi connectivity index (χ2n) is 6.90. The Bertz CT molecular complexity index is 1040. The number of carbonyl (C=O) groups is 1. The topological polar surface area (TPSA) is 110 Å². The van der Waals surface area contributed by atoms with E-state index in [1.807, 2.05) is 0 Å². The van der Waals surface area contributed by atoms with Crippen molar-refractivity contribution in [1.82, 2.24) is 4.31 Å². The van der Waals surface area contributed by atoms with E-state index < -0.39 is 20.9 Å². The first-order valence-corrected chi connectivity index (χ1v) is 11.2. The molecule has 1 amide bonds. The highest BCUT2D eigenvalue weighted by molar-refractivity contribution is 9.10. The minimum Gasteiger partial charge on any atom is -0.325 e. The summed E-state index contributed by atoms with van der Waals surface area (Å²) in [7, 11) is -3.70. The maximum atomic E-state index is 12.9. The van der Waals surface area contributed by atoms with Gasteiger partial charge in [0.1, 0.15) is 0 Å². The summed E-state index contributed by atoms with van der Waals surface area (Å²) in [5, 5.41) is 13.7. The van der Waals surface area contributed by atoms with Gasteiger partial charge in [0.05, 0.1) is 21.4 Å². The molecule has 1 aliphatic rings. The summed E-state index contributed by atoms with van der Waals surface area (Å²) in [6.07, 6.45) is 1.11. The zero-order valence-corrected chi connectivity index (χ0v) is 18.1. The lowest BCUT2D eigenvalue weighted by molar-refractivity contribution is -0.384. The number of non-ortho nitro benzene ring substituents is 1. The van der Waals surface area contributed by atoms with Crippen LogP contribution in [-0.4, -0.2) is 36.6 Å². The van der Waals surface area contributed by atoms with Crippen LogP contribution in [0.5, 0.6) is 0 Å². The van der Waals surface area contributed by atoms with Crippen molar-refractivity contribution in [2.45, 2.75) is 24.7 Å². The molecule has 0 radical (unpaired) electrons. The van der Waals surface area contributed by atoms with E-state index in [1.165, 1.54) is 28.6 Å². The Morgan fingerprint density at radius 1 is 1.24 bits per heavy atom. The van der Waals surface area contributed by atoms with Crippen molar-refractivity contribution >= 4 is 43.2 Å². The summed E-state index contributed by atoms with van der Waals surface area (Å²) in [5.41, 5.74) is 0.935. The highest BCUT2D eigenvalue weighted by Gasteiger charge is 2.33. The van der Waals surface area contributed by atoms with E-state index in [9.17, 15) is 23.3 Å². The largest absolute Gasteiger partial charge is 0.325 e. The normalized spacial score (nSPS) is 17.7. The Balaban J connectivity index is 1.75. The zero-order valence-electron chi connectivity index (χ0n) is 15.7. The predicted octanol–water partition coefficient (Wildman–Crippen LogP) is 3.71. The van der Waals surface area contributed by atoms with Crippen LogP contribution in [0.2, 0.25) is 0 Å². The fourth-order valence-corrected chi connectivity index (χ4v) is 5.01. The molecule has 29 heavy (non-hydrogen) atoms. The number of benzene rings is 2. The predicted molar refractivity (Wildman–Crippen MR) is 112 cm³/mol. The molecule has 1 heterocycles. The minimum atomic E-state index is -3.70. The summed E-state index contributed by atoms with van der Waals surface area (Å²) in [4.78, 5) is 23.4. The Kier molecular flexibility index (Phi) is 6.35. The number of sulfonamides is 1. The number of nitro groups is 1. The van der Waals surface area contributed by atoms with Crippen molar-refractivity contribution in [2.75, 3.05) is 18.4 Å². The molecular weight excluding hydrogens is 462 g/mol. The van der Waals surface area contributed by atoms with E-state index >= 15 is 0 Å².